The maximum Gasteiger partial charge on any atom is 0.251 e. The third kappa shape index (κ3) is 3.82. The summed E-state index contributed by atoms with van der Waals surface area (Å²) in [6.07, 6.45) is 4.39. The molecule has 1 N–H and O–H groups in total. The molecule has 1 aromatic carbocycles. The Morgan fingerprint density at radius 1 is 1.25 bits per heavy atom. The van der Waals surface area contributed by atoms with Crippen LogP contribution in [0.15, 0.2) is 53.6 Å². The second-order valence-electron chi connectivity index (χ2n) is 7.24. The summed E-state index contributed by atoms with van der Waals surface area (Å²) in [7, 11) is 1.72. The van der Waals surface area contributed by atoms with Gasteiger partial charge in [-0.3, -0.25) is 14.7 Å². The molecule has 0 bridgehead atoms. The Morgan fingerprint density at radius 2 is 2.07 bits per heavy atom. The number of hydrogen-bond donors (Lipinski definition) is 1. The zero-order valence-corrected chi connectivity index (χ0v) is 16.2. The maximum absolute atomic E-state index is 12.2. The van der Waals surface area contributed by atoms with Crippen LogP contribution in [-0.2, 0) is 6.54 Å². The molecule has 1 atom stereocenters. The molecular weight excluding hydrogens is 352 g/mol. The highest BCUT2D eigenvalue weighted by Crippen LogP contribution is 2.30. The van der Waals surface area contributed by atoms with E-state index in [2.05, 4.69) is 40.0 Å². The van der Waals surface area contributed by atoms with Crippen LogP contribution in [0.3, 0.4) is 0 Å². The lowest BCUT2D eigenvalue weighted by molar-refractivity contribution is 0.316. The summed E-state index contributed by atoms with van der Waals surface area (Å²) in [6, 6.07) is 11.6. The van der Waals surface area contributed by atoms with Crippen LogP contribution in [0.2, 0.25) is 0 Å². The molecule has 0 spiro atoms. The molecule has 144 valence electrons. The summed E-state index contributed by atoms with van der Waals surface area (Å²) >= 11 is 0. The zero-order chi connectivity index (χ0) is 19.5. The van der Waals surface area contributed by atoms with E-state index in [0.717, 1.165) is 48.6 Å². The number of benzene rings is 1. The number of aryl methyl sites for hydroxylation is 1. The first kappa shape index (κ1) is 18.4. The van der Waals surface area contributed by atoms with Gasteiger partial charge in [-0.1, -0.05) is 18.2 Å². The van der Waals surface area contributed by atoms with E-state index in [1.54, 1.807) is 25.6 Å². The van der Waals surface area contributed by atoms with Crippen molar-refractivity contribution in [3.8, 4) is 17.1 Å². The molecule has 6 heteroatoms. The molecule has 3 heterocycles. The average molecular weight is 376 g/mol. The molecule has 1 aliphatic rings. The van der Waals surface area contributed by atoms with E-state index in [1.165, 1.54) is 5.56 Å². The van der Waals surface area contributed by atoms with Crippen molar-refractivity contribution in [3.05, 3.63) is 76.0 Å². The van der Waals surface area contributed by atoms with E-state index in [4.69, 9.17) is 9.72 Å². The van der Waals surface area contributed by atoms with Crippen molar-refractivity contribution in [2.75, 3.05) is 20.2 Å². The van der Waals surface area contributed by atoms with E-state index >= 15 is 0 Å². The van der Waals surface area contributed by atoms with Crippen molar-refractivity contribution in [1.29, 1.82) is 0 Å². The first-order valence-electron chi connectivity index (χ1n) is 9.50. The molecule has 3 aromatic rings. The number of nitrogens with one attached hydrogen (secondary N) is 1. The van der Waals surface area contributed by atoms with Gasteiger partial charge in [0.2, 0.25) is 0 Å². The van der Waals surface area contributed by atoms with Gasteiger partial charge in [-0.05, 0) is 37.6 Å². The largest absolute Gasteiger partial charge is 0.496 e. The van der Waals surface area contributed by atoms with Crippen molar-refractivity contribution in [2.24, 2.45) is 0 Å². The highest BCUT2D eigenvalue weighted by molar-refractivity contribution is 5.53. The number of aromatic amines is 1. The van der Waals surface area contributed by atoms with Gasteiger partial charge in [0, 0.05) is 48.6 Å². The van der Waals surface area contributed by atoms with Gasteiger partial charge in [0.15, 0.2) is 0 Å². The molecule has 28 heavy (non-hydrogen) atoms. The van der Waals surface area contributed by atoms with Crippen LogP contribution >= 0.6 is 0 Å². The lowest BCUT2D eigenvalue weighted by Crippen LogP contribution is -2.21. The third-order valence-corrected chi connectivity index (χ3v) is 5.30. The molecule has 4 rings (SSSR count). The molecule has 0 unspecified atom stereocenters. The number of para-hydroxylation sites is 1. The Bertz CT molecular complexity index is 1020. The Kier molecular flexibility index (Phi) is 5.21. The van der Waals surface area contributed by atoms with E-state index in [-0.39, 0.29) is 11.5 Å². The molecule has 0 aliphatic carbocycles. The number of aromatic nitrogens is 3. The highest BCUT2D eigenvalue weighted by Gasteiger charge is 2.26. The number of rotatable bonds is 5. The van der Waals surface area contributed by atoms with Gasteiger partial charge in [-0.25, -0.2) is 4.98 Å². The summed E-state index contributed by atoms with van der Waals surface area (Å²) in [5.74, 6) is 1.81. The summed E-state index contributed by atoms with van der Waals surface area (Å²) in [5.41, 5.74) is 3.95. The van der Waals surface area contributed by atoms with Crippen molar-refractivity contribution in [2.45, 2.75) is 25.8 Å². The summed E-state index contributed by atoms with van der Waals surface area (Å²) < 4.78 is 5.59. The predicted octanol–water partition coefficient (Wildman–Crippen LogP) is 3.14. The lowest BCUT2D eigenvalue weighted by atomic mass is 10.0. The van der Waals surface area contributed by atoms with Crippen molar-refractivity contribution in [1.82, 2.24) is 19.9 Å². The van der Waals surface area contributed by atoms with Gasteiger partial charge in [0.1, 0.15) is 11.6 Å². The zero-order valence-electron chi connectivity index (χ0n) is 16.2. The number of likely N-dealkylation sites (tertiary alicyclic amines) is 1. The standard InChI is InChI=1S/C22H24N4O2/c1-15-4-3-5-18(21(15)28-2)14-26-11-8-17(13-26)19-12-20(27)25-22(24-19)16-6-9-23-10-7-16/h3-7,9-10,12,17H,8,11,13-14H2,1-2H3,(H,24,25,27)/t17-/m0/s1. The Balaban J connectivity index is 1.53. The SMILES string of the molecule is COc1c(C)cccc1CN1CC[C@H](c2cc(=O)[nH]c(-c3ccncc3)n2)C1. The minimum atomic E-state index is -0.115. The fraction of sp³-hybridized carbons (Fsp3) is 0.318. The normalized spacial score (nSPS) is 17.0. The lowest BCUT2D eigenvalue weighted by Gasteiger charge is -2.19. The fourth-order valence-corrected chi connectivity index (χ4v) is 3.92. The van der Waals surface area contributed by atoms with Crippen LogP contribution < -0.4 is 10.3 Å². The molecule has 1 saturated heterocycles. The van der Waals surface area contributed by atoms with Crippen LogP contribution in [0, 0.1) is 6.92 Å². The monoisotopic (exact) mass is 376 g/mol. The fourth-order valence-electron chi connectivity index (χ4n) is 3.92. The van der Waals surface area contributed by atoms with E-state index in [0.29, 0.717) is 5.82 Å². The topological polar surface area (TPSA) is 71.1 Å². The molecular formula is C22H24N4O2. The highest BCUT2D eigenvalue weighted by atomic mass is 16.5. The average Bonchev–Trinajstić information content (AvgIpc) is 3.17. The quantitative estimate of drug-likeness (QED) is 0.741. The summed E-state index contributed by atoms with van der Waals surface area (Å²) in [5, 5.41) is 0. The molecule has 1 fully saturated rings. The first-order valence-corrected chi connectivity index (χ1v) is 9.50. The van der Waals surface area contributed by atoms with Gasteiger partial charge < -0.3 is 9.72 Å². The van der Waals surface area contributed by atoms with Crippen LogP contribution in [0.1, 0.15) is 29.2 Å². The van der Waals surface area contributed by atoms with Crippen molar-refractivity contribution >= 4 is 0 Å². The summed E-state index contributed by atoms with van der Waals surface area (Å²) in [4.78, 5) is 26.2. The molecule has 6 nitrogen and oxygen atoms in total. The van der Waals surface area contributed by atoms with Gasteiger partial charge in [0.25, 0.3) is 5.56 Å². The Hall–Kier alpha value is -2.99. The smallest absolute Gasteiger partial charge is 0.251 e. The van der Waals surface area contributed by atoms with E-state index < -0.39 is 0 Å². The number of pyridine rings is 1. The van der Waals surface area contributed by atoms with Gasteiger partial charge in [-0.15, -0.1) is 0 Å². The minimum absolute atomic E-state index is 0.115. The summed E-state index contributed by atoms with van der Waals surface area (Å²) in [6.45, 7) is 4.75. The maximum atomic E-state index is 12.2. The third-order valence-electron chi connectivity index (χ3n) is 5.30. The number of nitrogens with zero attached hydrogens (tertiary/aromatic N) is 3. The van der Waals surface area contributed by atoms with Gasteiger partial charge in [-0.2, -0.15) is 0 Å². The molecule has 0 amide bonds. The number of ether oxygens (including phenoxy) is 1. The first-order chi connectivity index (χ1) is 13.6. The van der Waals surface area contributed by atoms with Crippen LogP contribution in [0.5, 0.6) is 5.75 Å². The number of H-pyrrole nitrogens is 1. The van der Waals surface area contributed by atoms with Crippen molar-refractivity contribution in [3.63, 3.8) is 0 Å². The van der Waals surface area contributed by atoms with E-state index in [1.807, 2.05) is 12.1 Å². The van der Waals surface area contributed by atoms with Crippen LogP contribution in [0.25, 0.3) is 11.4 Å². The second-order valence-corrected chi connectivity index (χ2v) is 7.24. The van der Waals surface area contributed by atoms with Gasteiger partial charge >= 0.3 is 0 Å². The number of methoxy groups -OCH3 is 1. The predicted molar refractivity (Wildman–Crippen MR) is 108 cm³/mol. The molecule has 0 radical (unpaired) electrons. The Morgan fingerprint density at radius 3 is 2.86 bits per heavy atom. The Labute approximate surface area is 164 Å². The number of hydrogen-bond acceptors (Lipinski definition) is 5. The van der Waals surface area contributed by atoms with Crippen molar-refractivity contribution < 1.29 is 4.74 Å². The van der Waals surface area contributed by atoms with Crippen LogP contribution in [0.4, 0.5) is 0 Å². The minimum Gasteiger partial charge on any atom is -0.496 e. The molecule has 2 aromatic heterocycles. The molecule has 1 aliphatic heterocycles. The van der Waals surface area contributed by atoms with E-state index in [9.17, 15) is 4.79 Å². The van der Waals surface area contributed by atoms with Gasteiger partial charge in [0.05, 0.1) is 12.8 Å². The second kappa shape index (κ2) is 7.94. The van der Waals surface area contributed by atoms with Crippen LogP contribution in [-0.4, -0.2) is 40.1 Å². The molecule has 0 saturated carbocycles.